The van der Waals surface area contributed by atoms with Gasteiger partial charge in [-0.05, 0) is 61.0 Å². The van der Waals surface area contributed by atoms with Gasteiger partial charge in [-0.3, -0.25) is 4.79 Å². The molecule has 4 rings (SSSR count). The molecule has 3 N–H and O–H groups in total. The number of hydrogen-bond donors (Lipinski definition) is 2. The third-order valence-corrected chi connectivity index (χ3v) is 4.28. The third kappa shape index (κ3) is 3.81. The highest BCUT2D eigenvalue weighted by atomic mass is 16.5. The van der Waals surface area contributed by atoms with E-state index in [0.717, 1.165) is 11.1 Å². The number of nitrogens with one attached hydrogen (secondary N) is 1. The maximum atomic E-state index is 12.1. The highest BCUT2D eigenvalue weighted by Gasteiger charge is 2.10. The van der Waals surface area contributed by atoms with Gasteiger partial charge < -0.3 is 20.2 Å². The van der Waals surface area contributed by atoms with Gasteiger partial charge in [0.15, 0.2) is 12.2 Å². The lowest BCUT2D eigenvalue weighted by atomic mass is 10.2. The number of oxazole rings is 1. The highest BCUT2D eigenvalue weighted by molar-refractivity contribution is 5.92. The molecule has 28 heavy (non-hydrogen) atoms. The maximum absolute atomic E-state index is 12.1. The second-order valence-electron chi connectivity index (χ2n) is 6.43. The Bertz CT molecular complexity index is 1130. The summed E-state index contributed by atoms with van der Waals surface area (Å²) < 4.78 is 11.3. The van der Waals surface area contributed by atoms with Gasteiger partial charge in [-0.25, -0.2) is 4.98 Å². The van der Waals surface area contributed by atoms with Gasteiger partial charge in [0, 0.05) is 16.9 Å². The summed E-state index contributed by atoms with van der Waals surface area (Å²) in [5.74, 6) is 0.972. The van der Waals surface area contributed by atoms with Gasteiger partial charge in [0.1, 0.15) is 11.3 Å². The van der Waals surface area contributed by atoms with Crippen molar-refractivity contribution in [1.29, 1.82) is 0 Å². The fourth-order valence-electron chi connectivity index (χ4n) is 2.82. The van der Waals surface area contributed by atoms with Crippen molar-refractivity contribution in [2.45, 2.75) is 6.92 Å². The Hall–Kier alpha value is -3.80. The minimum atomic E-state index is -0.228. The van der Waals surface area contributed by atoms with E-state index < -0.39 is 0 Å². The summed E-state index contributed by atoms with van der Waals surface area (Å²) >= 11 is 0. The summed E-state index contributed by atoms with van der Waals surface area (Å²) in [6.45, 7) is 1.88. The molecule has 0 aliphatic rings. The highest BCUT2D eigenvalue weighted by Crippen LogP contribution is 2.26. The van der Waals surface area contributed by atoms with E-state index in [1.54, 1.807) is 30.3 Å². The SMILES string of the molecule is Cc1ccccc1OCC(=O)Nc1ccc(-c2nc3cc(N)ccc3o2)cc1. The smallest absolute Gasteiger partial charge is 0.262 e. The van der Waals surface area contributed by atoms with Crippen molar-refractivity contribution in [1.82, 2.24) is 4.98 Å². The normalized spacial score (nSPS) is 10.8. The Balaban J connectivity index is 1.41. The van der Waals surface area contributed by atoms with Crippen LogP contribution in [0.2, 0.25) is 0 Å². The molecular weight excluding hydrogens is 354 g/mol. The molecule has 0 spiro atoms. The van der Waals surface area contributed by atoms with Gasteiger partial charge in [0.25, 0.3) is 5.91 Å². The van der Waals surface area contributed by atoms with Crippen LogP contribution in [-0.4, -0.2) is 17.5 Å². The molecule has 6 nitrogen and oxygen atoms in total. The molecule has 6 heteroatoms. The second-order valence-corrected chi connectivity index (χ2v) is 6.43. The van der Waals surface area contributed by atoms with Crippen LogP contribution in [0.15, 0.2) is 71.1 Å². The van der Waals surface area contributed by atoms with E-state index in [1.807, 2.05) is 43.3 Å². The van der Waals surface area contributed by atoms with Gasteiger partial charge in [-0.15, -0.1) is 0 Å². The van der Waals surface area contributed by atoms with E-state index in [9.17, 15) is 4.79 Å². The molecular formula is C22H19N3O3. The van der Waals surface area contributed by atoms with Crippen LogP contribution in [0.25, 0.3) is 22.6 Å². The van der Waals surface area contributed by atoms with Crippen LogP contribution in [0.5, 0.6) is 5.75 Å². The summed E-state index contributed by atoms with van der Waals surface area (Å²) in [7, 11) is 0. The van der Waals surface area contributed by atoms with Crippen molar-refractivity contribution in [3.05, 3.63) is 72.3 Å². The van der Waals surface area contributed by atoms with Crippen molar-refractivity contribution in [3.63, 3.8) is 0 Å². The lowest BCUT2D eigenvalue weighted by Crippen LogP contribution is -2.20. The zero-order valence-corrected chi connectivity index (χ0v) is 15.3. The number of amides is 1. The van der Waals surface area contributed by atoms with Gasteiger partial charge in [-0.1, -0.05) is 18.2 Å². The Morgan fingerprint density at radius 3 is 2.68 bits per heavy atom. The molecule has 0 unspecified atom stereocenters. The zero-order valence-electron chi connectivity index (χ0n) is 15.3. The van der Waals surface area contributed by atoms with Crippen LogP contribution in [0.4, 0.5) is 11.4 Å². The number of anilines is 2. The molecule has 0 aliphatic carbocycles. The number of nitrogens with two attached hydrogens (primary N) is 1. The number of rotatable bonds is 5. The molecule has 0 saturated carbocycles. The summed E-state index contributed by atoms with van der Waals surface area (Å²) in [6.07, 6.45) is 0. The fraction of sp³-hybridized carbons (Fsp3) is 0.0909. The first kappa shape index (κ1) is 17.6. The van der Waals surface area contributed by atoms with E-state index in [4.69, 9.17) is 14.9 Å². The molecule has 0 saturated heterocycles. The summed E-state index contributed by atoms with van der Waals surface area (Å²) in [5.41, 5.74) is 10.3. The average molecular weight is 373 g/mol. The first-order valence-corrected chi connectivity index (χ1v) is 8.83. The van der Waals surface area contributed by atoms with Gasteiger partial charge in [0.05, 0.1) is 0 Å². The number of carbonyl (C=O) groups excluding carboxylic acids is 1. The molecule has 1 amide bonds. The topological polar surface area (TPSA) is 90.4 Å². The standard InChI is InChI=1S/C22H19N3O3/c1-14-4-2-3-5-19(14)27-13-21(26)24-17-9-6-15(7-10-17)22-25-18-12-16(23)8-11-20(18)28-22/h2-12H,13,23H2,1H3,(H,24,26). The molecule has 3 aromatic carbocycles. The number of hydrogen-bond acceptors (Lipinski definition) is 5. The quantitative estimate of drug-likeness (QED) is 0.506. The minimum Gasteiger partial charge on any atom is -0.483 e. The molecule has 0 fully saturated rings. The molecule has 0 bridgehead atoms. The van der Waals surface area contributed by atoms with Gasteiger partial charge >= 0.3 is 0 Å². The Kier molecular flexibility index (Phi) is 4.68. The van der Waals surface area contributed by atoms with Crippen molar-refractivity contribution in [3.8, 4) is 17.2 Å². The number of aromatic nitrogens is 1. The zero-order chi connectivity index (χ0) is 19.5. The first-order chi connectivity index (χ1) is 13.6. The van der Waals surface area contributed by atoms with Gasteiger partial charge in [-0.2, -0.15) is 0 Å². The van der Waals surface area contributed by atoms with Crippen molar-refractivity contribution < 1.29 is 13.9 Å². The molecule has 0 aliphatic heterocycles. The number of para-hydroxylation sites is 1. The van der Waals surface area contributed by atoms with E-state index >= 15 is 0 Å². The maximum Gasteiger partial charge on any atom is 0.262 e. The lowest BCUT2D eigenvalue weighted by molar-refractivity contribution is -0.118. The second kappa shape index (κ2) is 7.44. The Labute approximate surface area is 162 Å². The van der Waals surface area contributed by atoms with E-state index in [-0.39, 0.29) is 12.5 Å². The van der Waals surface area contributed by atoms with E-state index in [2.05, 4.69) is 10.3 Å². The Morgan fingerprint density at radius 1 is 1.11 bits per heavy atom. The number of nitrogens with zero attached hydrogens (tertiary/aromatic N) is 1. The van der Waals surface area contributed by atoms with Crippen LogP contribution >= 0.6 is 0 Å². The number of benzene rings is 3. The monoisotopic (exact) mass is 373 g/mol. The predicted octanol–water partition coefficient (Wildman–Crippen LogP) is 4.40. The minimum absolute atomic E-state index is 0.0564. The fourth-order valence-corrected chi connectivity index (χ4v) is 2.82. The van der Waals surface area contributed by atoms with Crippen LogP contribution in [0.3, 0.4) is 0 Å². The number of ether oxygens (including phenoxy) is 1. The number of fused-ring (bicyclic) bond motifs is 1. The lowest BCUT2D eigenvalue weighted by Gasteiger charge is -2.09. The number of nitrogen functional groups attached to an aromatic ring is 1. The molecule has 1 aromatic heterocycles. The Morgan fingerprint density at radius 2 is 1.89 bits per heavy atom. The third-order valence-electron chi connectivity index (χ3n) is 4.28. The summed E-state index contributed by atoms with van der Waals surface area (Å²) in [4.78, 5) is 16.6. The van der Waals surface area contributed by atoms with Crippen molar-refractivity contribution in [2.24, 2.45) is 0 Å². The molecule has 1 heterocycles. The molecule has 0 atom stereocenters. The van der Waals surface area contributed by atoms with E-state index in [0.29, 0.717) is 34.1 Å². The molecule has 0 radical (unpaired) electrons. The molecule has 4 aromatic rings. The van der Waals surface area contributed by atoms with Crippen LogP contribution in [-0.2, 0) is 4.79 Å². The van der Waals surface area contributed by atoms with E-state index in [1.165, 1.54) is 0 Å². The predicted molar refractivity (Wildman–Crippen MR) is 109 cm³/mol. The van der Waals surface area contributed by atoms with Crippen molar-refractivity contribution in [2.75, 3.05) is 17.7 Å². The summed E-state index contributed by atoms with van der Waals surface area (Å²) in [5, 5.41) is 2.81. The first-order valence-electron chi connectivity index (χ1n) is 8.83. The van der Waals surface area contributed by atoms with Gasteiger partial charge in [0.2, 0.25) is 5.89 Å². The average Bonchev–Trinajstić information content (AvgIpc) is 3.11. The van der Waals surface area contributed by atoms with Crippen LogP contribution in [0, 0.1) is 6.92 Å². The number of carbonyl (C=O) groups is 1. The number of aryl methyl sites for hydroxylation is 1. The van der Waals surface area contributed by atoms with Crippen LogP contribution < -0.4 is 15.8 Å². The summed E-state index contributed by atoms with van der Waals surface area (Å²) in [6, 6.07) is 20.2. The largest absolute Gasteiger partial charge is 0.483 e. The van der Waals surface area contributed by atoms with Crippen LogP contribution in [0.1, 0.15) is 5.56 Å². The van der Waals surface area contributed by atoms with Crippen molar-refractivity contribution >= 4 is 28.4 Å². The molecule has 140 valence electrons.